The first-order chi connectivity index (χ1) is 2.77. The van der Waals surface area contributed by atoms with E-state index in [4.69, 9.17) is 4.89 Å². The van der Waals surface area contributed by atoms with Crippen LogP contribution in [-0.2, 0) is 9.01 Å². The first kappa shape index (κ1) is 6.17. The van der Waals surface area contributed by atoms with Gasteiger partial charge in [0.1, 0.15) is 0 Å². The van der Waals surface area contributed by atoms with E-state index in [9.17, 15) is 4.57 Å². The average Bonchev–Trinajstić information content (AvgIpc) is 1.35. The molecule has 0 aromatic carbocycles. The highest BCUT2D eigenvalue weighted by Crippen LogP contribution is 2.10. The summed E-state index contributed by atoms with van der Waals surface area (Å²) in [7, 11) is -2.95. The second-order valence-corrected chi connectivity index (χ2v) is 1.40. The molecule has 0 fully saturated rings. The summed E-state index contributed by atoms with van der Waals surface area (Å²) in [4.78, 5) is 7.80. The van der Waals surface area contributed by atoms with E-state index in [2.05, 4.69) is 10.1 Å². The van der Waals surface area contributed by atoms with E-state index in [-0.39, 0.29) is 7.62 Å². The molecular weight excluding hydrogens is 104 g/mol. The number of hydrogen-bond acceptors (Lipinski definition) is 3. The van der Waals surface area contributed by atoms with Crippen LogP contribution in [0.25, 0.3) is 0 Å². The third-order valence-corrected chi connectivity index (χ3v) is 0.620. The van der Waals surface area contributed by atoms with Crippen molar-refractivity contribution in [3.8, 4) is 0 Å². The van der Waals surface area contributed by atoms with Gasteiger partial charge in [-0.25, -0.2) is 0 Å². The van der Waals surface area contributed by atoms with Crippen molar-refractivity contribution in [1.29, 1.82) is 0 Å². The molecule has 4 nitrogen and oxygen atoms in total. The van der Waals surface area contributed by atoms with Crippen molar-refractivity contribution in [3.63, 3.8) is 0 Å². The van der Waals surface area contributed by atoms with Crippen LogP contribution in [0.1, 0.15) is 0 Å². The summed E-state index contributed by atoms with van der Waals surface area (Å²) in [6.07, 6.45) is 0. The molecule has 0 bridgehead atoms. The van der Waals surface area contributed by atoms with Crippen molar-refractivity contribution >= 4 is 15.9 Å². The standard InChI is InChI=1S/BH5NO3P/c2-1-5-6(3)4/h1,6H,2H2,(H,3,4). The smallest absolute Gasteiger partial charge is 0.358 e. The van der Waals surface area contributed by atoms with Gasteiger partial charge in [-0.05, 0) is 0 Å². The highest BCUT2D eigenvalue weighted by Gasteiger charge is 1.84. The maximum atomic E-state index is 9.48. The van der Waals surface area contributed by atoms with Gasteiger partial charge in [-0.1, -0.05) is 0 Å². The fourth-order valence-electron chi connectivity index (χ4n) is 0.0713. The maximum absolute atomic E-state index is 9.48. The van der Waals surface area contributed by atoms with Crippen molar-refractivity contribution < 1.29 is 13.9 Å². The molecule has 0 spiro atoms. The molecule has 0 amide bonds. The monoisotopic (exact) mass is 109 g/mol. The molecule has 1 atom stereocenters. The summed E-state index contributed by atoms with van der Waals surface area (Å²) in [5.41, 5.74) is 4.67. The van der Waals surface area contributed by atoms with Crippen LogP contribution in [-0.4, -0.2) is 12.5 Å². The normalized spacial score (nSPS) is 13.7. The Labute approximate surface area is 36.5 Å². The Balaban J connectivity index is 2.83. The van der Waals surface area contributed by atoms with Gasteiger partial charge in [0.25, 0.3) is 0 Å². The van der Waals surface area contributed by atoms with Crippen LogP contribution in [0, 0.1) is 0 Å². The Morgan fingerprint density at radius 3 is 2.50 bits per heavy atom. The van der Waals surface area contributed by atoms with Crippen molar-refractivity contribution in [2.75, 3.05) is 0 Å². The summed E-state index contributed by atoms with van der Waals surface area (Å²) >= 11 is 0. The average molecular weight is 109 g/mol. The second-order valence-electron chi connectivity index (χ2n) is 0.577. The van der Waals surface area contributed by atoms with Crippen molar-refractivity contribution in [2.24, 2.45) is 5.64 Å². The van der Waals surface area contributed by atoms with Crippen LogP contribution in [0.5, 0.6) is 0 Å². The van der Waals surface area contributed by atoms with Crippen LogP contribution in [0.2, 0.25) is 0 Å². The predicted octanol–water partition coefficient (Wildman–Crippen LogP) is -1.39. The summed E-state index contributed by atoms with van der Waals surface area (Å²) in [5, 5.41) is 0. The Morgan fingerprint density at radius 1 is 2.00 bits per heavy atom. The molecule has 6 heteroatoms. The first-order valence-electron chi connectivity index (χ1n) is 1.33. The zero-order valence-corrected chi connectivity index (χ0v) is 4.05. The molecule has 0 radical (unpaired) electrons. The van der Waals surface area contributed by atoms with E-state index in [0.717, 1.165) is 0 Å². The zero-order valence-electron chi connectivity index (χ0n) is 3.05. The van der Waals surface area contributed by atoms with Gasteiger partial charge in [-0.15, -0.1) is 0 Å². The summed E-state index contributed by atoms with van der Waals surface area (Å²) in [6, 6.07) is 0. The Kier molecular flexibility index (Phi) is 3.47. The van der Waals surface area contributed by atoms with Gasteiger partial charge in [0, 0.05) is 0 Å². The van der Waals surface area contributed by atoms with E-state index >= 15 is 0 Å². The van der Waals surface area contributed by atoms with Gasteiger partial charge < -0.3 is 15.0 Å². The maximum Gasteiger partial charge on any atom is 0.367 e. The Hall–Kier alpha value is 0.175. The predicted molar refractivity (Wildman–Crippen MR) is 23.6 cm³/mol. The lowest BCUT2D eigenvalue weighted by atomic mass is 10.4. The van der Waals surface area contributed by atoms with Crippen molar-refractivity contribution in [1.82, 2.24) is 0 Å². The Morgan fingerprint density at radius 2 is 2.50 bits per heavy atom. The van der Waals surface area contributed by atoms with Gasteiger partial charge in [0.15, 0.2) is 0 Å². The minimum Gasteiger partial charge on any atom is -0.358 e. The lowest BCUT2D eigenvalue weighted by Gasteiger charge is -1.85. The molecule has 3 N–H and O–H groups in total. The van der Waals surface area contributed by atoms with Crippen LogP contribution in [0.3, 0.4) is 0 Å². The zero-order chi connectivity index (χ0) is 4.99. The van der Waals surface area contributed by atoms with Gasteiger partial charge >= 0.3 is 15.9 Å². The van der Waals surface area contributed by atoms with Crippen LogP contribution >= 0.6 is 8.25 Å². The highest BCUT2D eigenvalue weighted by molar-refractivity contribution is 7.33. The van der Waals surface area contributed by atoms with E-state index in [1.807, 2.05) is 0 Å². The van der Waals surface area contributed by atoms with Crippen molar-refractivity contribution in [3.05, 3.63) is 0 Å². The highest BCUT2D eigenvalue weighted by atomic mass is 31.1. The Bertz CT molecular complexity index is 54.8. The molecule has 0 saturated heterocycles. The molecule has 0 rings (SSSR count). The fraction of sp³-hybridized carbons (Fsp3) is 0. The minimum absolute atomic E-state index is 0.186. The van der Waals surface area contributed by atoms with E-state index < -0.39 is 8.25 Å². The van der Waals surface area contributed by atoms with Crippen LogP contribution in [0.15, 0.2) is 0 Å². The second kappa shape index (κ2) is 3.37. The molecule has 0 aromatic rings. The van der Waals surface area contributed by atoms with E-state index in [1.54, 1.807) is 0 Å². The van der Waals surface area contributed by atoms with Gasteiger partial charge in [0.2, 0.25) is 0 Å². The van der Waals surface area contributed by atoms with Gasteiger partial charge in [0.05, 0.1) is 0 Å². The summed E-state index contributed by atoms with van der Waals surface area (Å²) in [6.45, 7) is 0. The molecule has 1 unspecified atom stereocenters. The van der Waals surface area contributed by atoms with E-state index in [0.29, 0.717) is 0 Å². The first-order valence-corrected chi connectivity index (χ1v) is 2.59. The lowest BCUT2D eigenvalue weighted by molar-refractivity contribution is 0.420. The number of nitrogens with two attached hydrogens (primary N) is 1. The van der Waals surface area contributed by atoms with Gasteiger partial charge in [-0.3, -0.25) is 4.57 Å². The molecule has 0 heterocycles. The van der Waals surface area contributed by atoms with Crippen molar-refractivity contribution in [2.45, 2.75) is 0 Å². The number of rotatable bonds is 2. The molecule has 0 aliphatic carbocycles. The van der Waals surface area contributed by atoms with Gasteiger partial charge in [-0.2, -0.15) is 0 Å². The molecule has 0 saturated carbocycles. The van der Waals surface area contributed by atoms with Crippen LogP contribution < -0.4 is 5.64 Å². The topological polar surface area (TPSA) is 72.5 Å². The van der Waals surface area contributed by atoms with Crippen LogP contribution in [0.4, 0.5) is 0 Å². The molecular formula is H5BNO3P. The quantitative estimate of drug-likeness (QED) is 0.338. The molecule has 0 aliphatic rings. The summed E-state index contributed by atoms with van der Waals surface area (Å²) < 4.78 is 13.4. The SMILES string of the molecule is NBO[PH](=O)O. The van der Waals surface area contributed by atoms with E-state index in [1.165, 1.54) is 0 Å². The molecule has 6 heavy (non-hydrogen) atoms. The fourth-order valence-corrected chi connectivity index (χ4v) is 0.214. The molecule has 36 valence electrons. The molecule has 0 aromatic heterocycles. The minimum atomic E-state index is -2.76. The third-order valence-electron chi connectivity index (χ3n) is 0.207. The third kappa shape index (κ3) is 4.17. The summed E-state index contributed by atoms with van der Waals surface area (Å²) in [5.74, 6) is 0. The lowest BCUT2D eigenvalue weighted by Crippen LogP contribution is -2.04. The molecule has 0 aliphatic heterocycles. The largest absolute Gasteiger partial charge is 0.367 e. The number of hydrogen-bond donors (Lipinski definition) is 2.